The molecule has 0 aromatic heterocycles. The Hall–Kier alpha value is -1.79. The van der Waals surface area contributed by atoms with Crippen LogP contribution in [0.15, 0.2) is 0 Å². The second-order valence-corrected chi connectivity index (χ2v) is 4.75. The minimum absolute atomic E-state index is 0.0752. The summed E-state index contributed by atoms with van der Waals surface area (Å²) in [5.41, 5.74) is -0.843. The molecule has 0 bridgehead atoms. The maximum absolute atomic E-state index is 11.6. The molecule has 1 atom stereocenters. The number of ether oxygens (including phenoxy) is 1. The lowest BCUT2D eigenvalue weighted by molar-refractivity contribution is -0.154. The Bertz CT molecular complexity index is 365. The van der Waals surface area contributed by atoms with Crippen LogP contribution in [0.25, 0.3) is 0 Å². The molecule has 2 amide bonds. The summed E-state index contributed by atoms with van der Waals surface area (Å²) in [6.07, 6.45) is 2.40. The monoisotopic (exact) mass is 272 g/mol. The first-order chi connectivity index (χ1) is 8.95. The van der Waals surface area contributed by atoms with Crippen LogP contribution in [0.4, 0.5) is 4.79 Å². The maximum atomic E-state index is 11.6. The Labute approximate surface area is 111 Å². The molecular formula is C12H20N2O5. The van der Waals surface area contributed by atoms with E-state index in [0.29, 0.717) is 19.3 Å². The second kappa shape index (κ2) is 6.40. The van der Waals surface area contributed by atoms with Gasteiger partial charge in [-0.15, -0.1) is 0 Å². The van der Waals surface area contributed by atoms with Gasteiger partial charge in [0.15, 0.2) is 0 Å². The van der Waals surface area contributed by atoms with Gasteiger partial charge in [0.2, 0.25) is 0 Å². The molecule has 7 nitrogen and oxygen atoms in total. The van der Waals surface area contributed by atoms with Gasteiger partial charge in [0.05, 0.1) is 12.5 Å². The lowest BCUT2D eigenvalue weighted by Gasteiger charge is -2.37. The third-order valence-corrected chi connectivity index (χ3v) is 3.55. The zero-order chi connectivity index (χ0) is 14.5. The largest absolute Gasteiger partial charge is 0.481 e. The average Bonchev–Trinajstić information content (AvgIpc) is 2.33. The van der Waals surface area contributed by atoms with Crippen LogP contribution < -0.4 is 10.6 Å². The van der Waals surface area contributed by atoms with Gasteiger partial charge in [0.1, 0.15) is 6.04 Å². The van der Waals surface area contributed by atoms with Crippen molar-refractivity contribution in [1.82, 2.24) is 10.6 Å². The summed E-state index contributed by atoms with van der Waals surface area (Å²) >= 11 is 0. The van der Waals surface area contributed by atoms with Crippen molar-refractivity contribution in [3.8, 4) is 0 Å². The number of esters is 1. The Morgan fingerprint density at radius 2 is 2.00 bits per heavy atom. The number of urea groups is 1. The van der Waals surface area contributed by atoms with Crippen LogP contribution in [0.3, 0.4) is 0 Å². The van der Waals surface area contributed by atoms with Crippen molar-refractivity contribution in [2.24, 2.45) is 5.41 Å². The van der Waals surface area contributed by atoms with Gasteiger partial charge in [0, 0.05) is 6.54 Å². The molecule has 0 heterocycles. The molecular weight excluding hydrogens is 252 g/mol. The standard InChI is InChI=1S/C12H20N2O5/c1-3-8(9(15)19-2)14-11(18)13-7-12(10(16)17)5-4-6-12/h8H,3-7H2,1-2H3,(H,16,17)(H2,13,14,18). The molecule has 1 saturated carbocycles. The van der Waals surface area contributed by atoms with E-state index >= 15 is 0 Å². The van der Waals surface area contributed by atoms with E-state index in [4.69, 9.17) is 5.11 Å². The normalized spacial score (nSPS) is 17.8. The molecule has 1 rings (SSSR count). The van der Waals surface area contributed by atoms with Crippen LogP contribution in [0, 0.1) is 5.41 Å². The number of methoxy groups -OCH3 is 1. The van der Waals surface area contributed by atoms with Crippen molar-refractivity contribution >= 4 is 18.0 Å². The van der Waals surface area contributed by atoms with Crippen molar-refractivity contribution in [2.75, 3.05) is 13.7 Å². The Morgan fingerprint density at radius 3 is 2.37 bits per heavy atom. The Kier molecular flexibility index (Phi) is 5.14. The highest BCUT2D eigenvalue weighted by molar-refractivity contribution is 5.84. The molecule has 0 radical (unpaired) electrons. The smallest absolute Gasteiger partial charge is 0.328 e. The average molecular weight is 272 g/mol. The van der Waals surface area contributed by atoms with Crippen LogP contribution in [0.1, 0.15) is 32.6 Å². The number of hydrogen-bond acceptors (Lipinski definition) is 4. The number of carboxylic acids is 1. The molecule has 19 heavy (non-hydrogen) atoms. The van der Waals surface area contributed by atoms with E-state index in [1.165, 1.54) is 7.11 Å². The fourth-order valence-corrected chi connectivity index (χ4v) is 2.00. The summed E-state index contributed by atoms with van der Waals surface area (Å²) in [7, 11) is 1.25. The summed E-state index contributed by atoms with van der Waals surface area (Å²) in [6.45, 7) is 1.82. The van der Waals surface area contributed by atoms with Gasteiger partial charge in [-0.25, -0.2) is 9.59 Å². The third kappa shape index (κ3) is 3.59. The van der Waals surface area contributed by atoms with E-state index in [1.54, 1.807) is 6.92 Å². The van der Waals surface area contributed by atoms with E-state index in [-0.39, 0.29) is 6.54 Å². The molecule has 0 saturated heterocycles. The number of rotatable bonds is 6. The highest BCUT2D eigenvalue weighted by atomic mass is 16.5. The molecule has 1 aliphatic carbocycles. The van der Waals surface area contributed by atoms with Crippen molar-refractivity contribution in [2.45, 2.75) is 38.6 Å². The fraction of sp³-hybridized carbons (Fsp3) is 0.750. The van der Waals surface area contributed by atoms with Crippen molar-refractivity contribution in [3.05, 3.63) is 0 Å². The molecule has 0 aromatic rings. The first-order valence-corrected chi connectivity index (χ1v) is 6.31. The third-order valence-electron chi connectivity index (χ3n) is 3.55. The van der Waals surface area contributed by atoms with Gasteiger partial charge >= 0.3 is 18.0 Å². The zero-order valence-corrected chi connectivity index (χ0v) is 11.2. The van der Waals surface area contributed by atoms with E-state index in [1.807, 2.05) is 0 Å². The molecule has 0 aliphatic heterocycles. The topological polar surface area (TPSA) is 105 Å². The summed E-state index contributed by atoms with van der Waals surface area (Å²) < 4.78 is 4.54. The minimum Gasteiger partial charge on any atom is -0.481 e. The molecule has 1 fully saturated rings. The number of nitrogens with one attached hydrogen (secondary N) is 2. The van der Waals surface area contributed by atoms with E-state index in [0.717, 1.165) is 6.42 Å². The maximum Gasteiger partial charge on any atom is 0.328 e. The second-order valence-electron chi connectivity index (χ2n) is 4.75. The quantitative estimate of drug-likeness (QED) is 0.610. The van der Waals surface area contributed by atoms with Crippen molar-refractivity contribution < 1.29 is 24.2 Å². The predicted molar refractivity (Wildman–Crippen MR) is 66.5 cm³/mol. The number of carbonyl (C=O) groups excluding carboxylic acids is 2. The first kappa shape index (κ1) is 15.3. The number of carbonyl (C=O) groups is 3. The first-order valence-electron chi connectivity index (χ1n) is 6.31. The molecule has 3 N–H and O–H groups in total. The van der Waals surface area contributed by atoms with Crippen LogP contribution in [0.5, 0.6) is 0 Å². The molecule has 1 unspecified atom stereocenters. The van der Waals surface area contributed by atoms with Crippen molar-refractivity contribution in [1.29, 1.82) is 0 Å². The number of hydrogen-bond donors (Lipinski definition) is 3. The Balaban J connectivity index is 2.43. The van der Waals surface area contributed by atoms with Crippen LogP contribution in [0.2, 0.25) is 0 Å². The Morgan fingerprint density at radius 1 is 1.37 bits per heavy atom. The lowest BCUT2D eigenvalue weighted by Crippen LogP contribution is -2.52. The lowest BCUT2D eigenvalue weighted by atomic mass is 9.69. The van der Waals surface area contributed by atoms with Crippen LogP contribution >= 0.6 is 0 Å². The molecule has 1 aliphatic rings. The number of amides is 2. The van der Waals surface area contributed by atoms with Gasteiger partial charge in [0.25, 0.3) is 0 Å². The van der Waals surface area contributed by atoms with E-state index in [2.05, 4.69) is 15.4 Å². The molecule has 0 aromatic carbocycles. The summed E-state index contributed by atoms with van der Waals surface area (Å²) in [6, 6.07) is -1.27. The molecule has 0 spiro atoms. The van der Waals surface area contributed by atoms with Gasteiger partial charge in [-0.05, 0) is 19.3 Å². The molecule has 108 valence electrons. The van der Waals surface area contributed by atoms with E-state index in [9.17, 15) is 14.4 Å². The SMILES string of the molecule is CCC(NC(=O)NCC1(C(=O)O)CCC1)C(=O)OC. The molecule has 7 heteroatoms. The fourth-order valence-electron chi connectivity index (χ4n) is 2.00. The summed E-state index contributed by atoms with van der Waals surface area (Å²) in [5, 5.41) is 14.1. The summed E-state index contributed by atoms with van der Waals surface area (Å²) in [5.74, 6) is -1.41. The highest BCUT2D eigenvalue weighted by Crippen LogP contribution is 2.40. The number of carboxylic acid groups (broad SMARTS) is 1. The van der Waals surface area contributed by atoms with Crippen LogP contribution in [-0.4, -0.2) is 42.8 Å². The van der Waals surface area contributed by atoms with Crippen LogP contribution in [-0.2, 0) is 14.3 Å². The van der Waals surface area contributed by atoms with Crippen molar-refractivity contribution in [3.63, 3.8) is 0 Å². The van der Waals surface area contributed by atoms with E-state index < -0.39 is 29.4 Å². The van der Waals surface area contributed by atoms with Gasteiger partial charge in [-0.3, -0.25) is 4.79 Å². The zero-order valence-electron chi connectivity index (χ0n) is 11.2. The summed E-state index contributed by atoms with van der Waals surface area (Å²) in [4.78, 5) is 34.0. The number of aliphatic carboxylic acids is 1. The highest BCUT2D eigenvalue weighted by Gasteiger charge is 2.44. The van der Waals surface area contributed by atoms with Gasteiger partial charge < -0.3 is 20.5 Å². The minimum atomic E-state index is -0.890. The van der Waals surface area contributed by atoms with Gasteiger partial charge in [-0.2, -0.15) is 0 Å². The van der Waals surface area contributed by atoms with Gasteiger partial charge in [-0.1, -0.05) is 13.3 Å². The predicted octanol–water partition coefficient (Wildman–Crippen LogP) is 0.492.